The second kappa shape index (κ2) is 9.72. The molecule has 0 N–H and O–H groups in total. The van der Waals surface area contributed by atoms with Crippen LogP contribution in [0.4, 0.5) is 0 Å². The average Bonchev–Trinajstić information content (AvgIpc) is 2.42. The highest BCUT2D eigenvalue weighted by molar-refractivity contribution is 8.76. The standard InChI is InChI=1S/C20H38O4S2/c1-11-20(10,16(22)24-18(5,6)7)14-26-25-13-12-19(8,9)15(21)23-17(2,3)4/h11-14H2,1-10H3. The molecule has 0 saturated carbocycles. The van der Waals surface area contributed by atoms with Crippen molar-refractivity contribution in [2.45, 2.75) is 93.3 Å². The maximum absolute atomic E-state index is 12.5. The minimum Gasteiger partial charge on any atom is -0.460 e. The molecule has 0 aromatic carbocycles. The molecule has 1 unspecified atom stereocenters. The van der Waals surface area contributed by atoms with Crippen LogP contribution in [0.2, 0.25) is 0 Å². The lowest BCUT2D eigenvalue weighted by Gasteiger charge is -2.30. The van der Waals surface area contributed by atoms with Crippen LogP contribution < -0.4 is 0 Å². The van der Waals surface area contributed by atoms with Gasteiger partial charge in [0, 0.05) is 11.5 Å². The number of carbonyl (C=O) groups is 2. The maximum Gasteiger partial charge on any atom is 0.313 e. The second-order valence-corrected chi connectivity index (χ2v) is 12.2. The summed E-state index contributed by atoms with van der Waals surface area (Å²) in [5.41, 5.74) is -1.94. The lowest BCUT2D eigenvalue weighted by atomic mass is 9.90. The Morgan fingerprint density at radius 1 is 0.769 bits per heavy atom. The number of hydrogen-bond donors (Lipinski definition) is 0. The Labute approximate surface area is 168 Å². The minimum absolute atomic E-state index is 0.144. The van der Waals surface area contributed by atoms with Crippen molar-refractivity contribution in [2.75, 3.05) is 11.5 Å². The number of esters is 2. The number of rotatable bonds is 9. The van der Waals surface area contributed by atoms with Gasteiger partial charge in [-0.05, 0) is 75.2 Å². The van der Waals surface area contributed by atoms with E-state index < -0.39 is 22.0 Å². The van der Waals surface area contributed by atoms with Crippen LogP contribution in [0.25, 0.3) is 0 Å². The van der Waals surface area contributed by atoms with E-state index in [1.165, 1.54) is 0 Å². The Morgan fingerprint density at radius 3 is 1.65 bits per heavy atom. The van der Waals surface area contributed by atoms with Crippen molar-refractivity contribution in [2.24, 2.45) is 10.8 Å². The fourth-order valence-corrected chi connectivity index (χ4v) is 4.76. The van der Waals surface area contributed by atoms with Crippen LogP contribution in [0.5, 0.6) is 0 Å². The molecule has 0 rings (SSSR count). The monoisotopic (exact) mass is 406 g/mol. The summed E-state index contributed by atoms with van der Waals surface area (Å²) in [4.78, 5) is 24.7. The van der Waals surface area contributed by atoms with Gasteiger partial charge in [-0.3, -0.25) is 9.59 Å². The molecule has 0 spiro atoms. The van der Waals surface area contributed by atoms with Crippen LogP contribution in [0, 0.1) is 10.8 Å². The van der Waals surface area contributed by atoms with Gasteiger partial charge in [-0.25, -0.2) is 0 Å². The molecule has 0 heterocycles. The molecular formula is C20H38O4S2. The highest BCUT2D eigenvalue weighted by atomic mass is 33.1. The normalized spacial score (nSPS) is 15.3. The van der Waals surface area contributed by atoms with Crippen molar-refractivity contribution in [3.05, 3.63) is 0 Å². The molecule has 6 heteroatoms. The highest BCUT2D eigenvalue weighted by Gasteiger charge is 2.36. The van der Waals surface area contributed by atoms with Gasteiger partial charge < -0.3 is 9.47 Å². The van der Waals surface area contributed by atoms with Crippen molar-refractivity contribution < 1.29 is 19.1 Å². The lowest BCUT2D eigenvalue weighted by Crippen LogP contribution is -2.37. The van der Waals surface area contributed by atoms with Crippen LogP contribution in [-0.4, -0.2) is 34.6 Å². The van der Waals surface area contributed by atoms with Gasteiger partial charge in [-0.1, -0.05) is 28.5 Å². The molecule has 0 aromatic heterocycles. The average molecular weight is 407 g/mol. The first-order valence-electron chi connectivity index (χ1n) is 9.24. The first-order valence-corrected chi connectivity index (χ1v) is 11.7. The predicted molar refractivity (Wildman–Crippen MR) is 113 cm³/mol. The fraction of sp³-hybridized carbons (Fsp3) is 0.900. The molecule has 154 valence electrons. The first-order chi connectivity index (χ1) is 11.5. The zero-order valence-electron chi connectivity index (χ0n) is 18.3. The van der Waals surface area contributed by atoms with E-state index in [0.29, 0.717) is 5.75 Å². The van der Waals surface area contributed by atoms with Gasteiger partial charge in [0.15, 0.2) is 0 Å². The van der Waals surface area contributed by atoms with E-state index in [0.717, 1.165) is 18.6 Å². The largest absolute Gasteiger partial charge is 0.460 e. The van der Waals surface area contributed by atoms with E-state index in [-0.39, 0.29) is 11.9 Å². The van der Waals surface area contributed by atoms with Gasteiger partial charge in [0.2, 0.25) is 0 Å². The molecule has 0 radical (unpaired) electrons. The summed E-state index contributed by atoms with van der Waals surface area (Å²) >= 11 is 0. The van der Waals surface area contributed by atoms with E-state index in [4.69, 9.17) is 9.47 Å². The zero-order valence-corrected chi connectivity index (χ0v) is 19.9. The topological polar surface area (TPSA) is 52.6 Å². The van der Waals surface area contributed by atoms with Gasteiger partial charge >= 0.3 is 11.9 Å². The predicted octanol–water partition coefficient (Wildman–Crippen LogP) is 5.88. The molecule has 0 aliphatic rings. The van der Waals surface area contributed by atoms with Crippen molar-refractivity contribution >= 4 is 33.5 Å². The summed E-state index contributed by atoms with van der Waals surface area (Å²) in [5, 5.41) is 0. The summed E-state index contributed by atoms with van der Waals surface area (Å²) in [6.07, 6.45) is 1.47. The lowest BCUT2D eigenvalue weighted by molar-refractivity contribution is -0.166. The molecule has 0 aromatic rings. The Balaban J connectivity index is 4.43. The SMILES string of the molecule is CCC(C)(CSSCCC(C)(C)C(=O)OC(C)(C)C)C(=O)OC(C)(C)C. The van der Waals surface area contributed by atoms with Crippen molar-refractivity contribution in [3.8, 4) is 0 Å². The third-order valence-electron chi connectivity index (χ3n) is 3.89. The fourth-order valence-electron chi connectivity index (χ4n) is 1.75. The third kappa shape index (κ3) is 10.1. The minimum atomic E-state index is -0.514. The highest BCUT2D eigenvalue weighted by Crippen LogP contribution is 2.37. The molecular weight excluding hydrogens is 368 g/mol. The van der Waals surface area contributed by atoms with Crippen molar-refractivity contribution in [1.82, 2.24) is 0 Å². The Morgan fingerprint density at radius 2 is 1.23 bits per heavy atom. The van der Waals surface area contributed by atoms with Crippen LogP contribution in [0.3, 0.4) is 0 Å². The third-order valence-corrected chi connectivity index (χ3v) is 6.54. The van der Waals surface area contributed by atoms with E-state index in [1.807, 2.05) is 69.2 Å². The molecule has 1 atom stereocenters. The molecule has 0 aliphatic carbocycles. The number of hydrogen-bond acceptors (Lipinski definition) is 6. The van der Waals surface area contributed by atoms with Crippen LogP contribution in [-0.2, 0) is 19.1 Å². The van der Waals surface area contributed by atoms with Gasteiger partial charge in [-0.2, -0.15) is 0 Å². The van der Waals surface area contributed by atoms with E-state index in [1.54, 1.807) is 21.6 Å². The molecule has 26 heavy (non-hydrogen) atoms. The van der Waals surface area contributed by atoms with Crippen molar-refractivity contribution in [1.29, 1.82) is 0 Å². The van der Waals surface area contributed by atoms with E-state index in [9.17, 15) is 9.59 Å². The summed E-state index contributed by atoms with van der Waals surface area (Å²) < 4.78 is 11.1. The summed E-state index contributed by atoms with van der Waals surface area (Å²) in [7, 11) is 3.36. The molecule has 0 fully saturated rings. The van der Waals surface area contributed by atoms with Crippen molar-refractivity contribution in [3.63, 3.8) is 0 Å². The van der Waals surface area contributed by atoms with Crippen LogP contribution in [0.15, 0.2) is 0 Å². The first kappa shape index (κ1) is 25.6. The van der Waals surface area contributed by atoms with Crippen LogP contribution in [0.1, 0.15) is 82.1 Å². The summed E-state index contributed by atoms with van der Waals surface area (Å²) in [6, 6.07) is 0. The Bertz CT molecular complexity index is 475. The molecule has 0 aliphatic heterocycles. The zero-order chi connectivity index (χ0) is 20.8. The molecule has 4 nitrogen and oxygen atoms in total. The quantitative estimate of drug-likeness (QED) is 0.270. The summed E-state index contributed by atoms with van der Waals surface area (Å²) in [6.45, 7) is 19.1. The number of carbonyl (C=O) groups excluding carboxylic acids is 2. The Kier molecular flexibility index (Phi) is 9.58. The van der Waals surface area contributed by atoms with Gasteiger partial charge in [-0.15, -0.1) is 0 Å². The van der Waals surface area contributed by atoms with E-state index in [2.05, 4.69) is 0 Å². The van der Waals surface area contributed by atoms with Gasteiger partial charge in [0.1, 0.15) is 11.2 Å². The number of ether oxygens (including phenoxy) is 2. The maximum atomic E-state index is 12.5. The van der Waals surface area contributed by atoms with E-state index >= 15 is 0 Å². The van der Waals surface area contributed by atoms with Gasteiger partial charge in [0.25, 0.3) is 0 Å². The van der Waals surface area contributed by atoms with Gasteiger partial charge in [0.05, 0.1) is 10.8 Å². The Hall–Kier alpha value is -0.360. The summed E-state index contributed by atoms with van der Waals surface area (Å²) in [5.74, 6) is 1.21. The smallest absolute Gasteiger partial charge is 0.313 e. The second-order valence-electron chi connectivity index (χ2n) is 9.64. The molecule has 0 bridgehead atoms. The van der Waals surface area contributed by atoms with Crippen LogP contribution >= 0.6 is 21.6 Å². The molecule has 0 amide bonds. The molecule has 0 saturated heterocycles.